The molecule has 0 heterocycles. The number of hydrogen-bond donors (Lipinski definition) is 1. The molecule has 0 amide bonds. The second-order valence-electron chi connectivity index (χ2n) is 4.19. The Labute approximate surface area is 107 Å². The number of anilines is 1. The lowest BCUT2D eigenvalue weighted by Crippen LogP contribution is -2.16. The van der Waals surface area contributed by atoms with Crippen molar-refractivity contribution in [2.45, 2.75) is 6.54 Å². The van der Waals surface area contributed by atoms with E-state index in [9.17, 15) is 5.11 Å². The van der Waals surface area contributed by atoms with Crippen LogP contribution >= 0.6 is 0 Å². The van der Waals surface area contributed by atoms with E-state index in [2.05, 4.69) is 6.07 Å². The van der Waals surface area contributed by atoms with Gasteiger partial charge in [-0.05, 0) is 35.9 Å². The van der Waals surface area contributed by atoms with Crippen LogP contribution in [0.3, 0.4) is 0 Å². The molecule has 1 N–H and O–H groups in total. The third-order valence-electron chi connectivity index (χ3n) is 2.75. The van der Waals surface area contributed by atoms with E-state index >= 15 is 0 Å². The lowest BCUT2D eigenvalue weighted by molar-refractivity contribution is 0.474. The Morgan fingerprint density at radius 2 is 1.94 bits per heavy atom. The predicted octanol–water partition coefficient (Wildman–Crippen LogP) is 2.90. The third-order valence-corrected chi connectivity index (χ3v) is 2.75. The van der Waals surface area contributed by atoms with Gasteiger partial charge in [0.25, 0.3) is 0 Å². The quantitative estimate of drug-likeness (QED) is 0.894. The fraction of sp³-hybridized carbons (Fsp3) is 0.133. The summed E-state index contributed by atoms with van der Waals surface area (Å²) >= 11 is 0. The van der Waals surface area contributed by atoms with Crippen LogP contribution < -0.4 is 4.90 Å². The van der Waals surface area contributed by atoms with Gasteiger partial charge in [-0.2, -0.15) is 5.26 Å². The molecule has 0 unspecified atom stereocenters. The fourth-order valence-electron chi connectivity index (χ4n) is 1.83. The van der Waals surface area contributed by atoms with E-state index in [1.165, 1.54) is 0 Å². The first-order valence-corrected chi connectivity index (χ1v) is 5.68. The molecule has 0 radical (unpaired) electrons. The van der Waals surface area contributed by atoms with Crippen LogP contribution in [0.5, 0.6) is 5.75 Å². The highest BCUT2D eigenvalue weighted by molar-refractivity contribution is 5.51. The zero-order valence-electron chi connectivity index (χ0n) is 10.2. The summed E-state index contributed by atoms with van der Waals surface area (Å²) in [6.45, 7) is 0.684. The van der Waals surface area contributed by atoms with Gasteiger partial charge in [-0.3, -0.25) is 0 Å². The van der Waals surface area contributed by atoms with Gasteiger partial charge in [0.15, 0.2) is 0 Å². The highest BCUT2D eigenvalue weighted by atomic mass is 16.3. The average molecular weight is 238 g/mol. The van der Waals surface area contributed by atoms with E-state index in [0.29, 0.717) is 12.1 Å². The first-order chi connectivity index (χ1) is 8.69. The molecular weight excluding hydrogens is 224 g/mol. The summed E-state index contributed by atoms with van der Waals surface area (Å²) in [7, 11) is 1.96. The van der Waals surface area contributed by atoms with Gasteiger partial charge in [0.2, 0.25) is 0 Å². The Kier molecular flexibility index (Phi) is 3.49. The maximum atomic E-state index is 9.42. The molecule has 90 valence electrons. The number of benzene rings is 2. The smallest absolute Gasteiger partial charge is 0.115 e. The maximum absolute atomic E-state index is 9.42. The molecule has 0 saturated carbocycles. The van der Waals surface area contributed by atoms with Crippen molar-refractivity contribution in [3.8, 4) is 11.8 Å². The number of nitriles is 1. The summed E-state index contributed by atoms with van der Waals surface area (Å²) < 4.78 is 0. The molecule has 3 nitrogen and oxygen atoms in total. The summed E-state index contributed by atoms with van der Waals surface area (Å²) in [5.41, 5.74) is 2.66. The van der Waals surface area contributed by atoms with Gasteiger partial charge in [0.1, 0.15) is 5.75 Å². The zero-order chi connectivity index (χ0) is 13.0. The summed E-state index contributed by atoms with van der Waals surface area (Å²) in [5, 5.41) is 18.3. The molecule has 18 heavy (non-hydrogen) atoms. The van der Waals surface area contributed by atoms with Crippen LogP contribution in [0.4, 0.5) is 5.69 Å². The Morgan fingerprint density at radius 1 is 1.17 bits per heavy atom. The van der Waals surface area contributed by atoms with Crippen molar-refractivity contribution in [1.82, 2.24) is 0 Å². The zero-order valence-corrected chi connectivity index (χ0v) is 10.2. The Bertz CT molecular complexity index is 587. The number of nitrogens with zero attached hydrogens (tertiary/aromatic N) is 2. The molecule has 0 fully saturated rings. The average Bonchev–Trinajstić information content (AvgIpc) is 2.39. The van der Waals surface area contributed by atoms with Gasteiger partial charge in [-0.1, -0.05) is 18.2 Å². The summed E-state index contributed by atoms with van der Waals surface area (Å²) in [5.74, 6) is 0.270. The number of phenolic OH excluding ortho intramolecular Hbond substituents is 1. The molecule has 0 aliphatic heterocycles. The first kappa shape index (κ1) is 12.0. The number of phenols is 1. The molecule has 3 heteroatoms. The molecule has 0 aliphatic carbocycles. The Hall–Kier alpha value is -2.47. The van der Waals surface area contributed by atoms with Crippen molar-refractivity contribution in [1.29, 1.82) is 5.26 Å². The maximum Gasteiger partial charge on any atom is 0.115 e. The molecule has 0 spiro atoms. The van der Waals surface area contributed by atoms with Crippen LogP contribution in [0, 0.1) is 11.3 Å². The van der Waals surface area contributed by atoms with E-state index in [1.54, 1.807) is 18.2 Å². The standard InChI is InChI=1S/C15H14N2O/c1-17(11-13-5-3-7-15(18)9-13)14-6-2-4-12(8-14)10-16/h2-9,18H,11H2,1H3. The van der Waals surface area contributed by atoms with Gasteiger partial charge in [-0.25, -0.2) is 0 Å². The third kappa shape index (κ3) is 2.80. The minimum atomic E-state index is 0.270. The molecule has 2 aromatic rings. The second kappa shape index (κ2) is 5.24. The first-order valence-electron chi connectivity index (χ1n) is 5.68. The van der Waals surface area contributed by atoms with Gasteiger partial charge >= 0.3 is 0 Å². The van der Waals surface area contributed by atoms with Crippen LogP contribution in [0.15, 0.2) is 48.5 Å². The summed E-state index contributed by atoms with van der Waals surface area (Å²) in [6.07, 6.45) is 0. The van der Waals surface area contributed by atoms with Crippen molar-refractivity contribution >= 4 is 5.69 Å². The van der Waals surface area contributed by atoms with E-state index in [0.717, 1.165) is 11.3 Å². The van der Waals surface area contributed by atoms with Crippen molar-refractivity contribution in [2.75, 3.05) is 11.9 Å². The number of hydrogen-bond acceptors (Lipinski definition) is 3. The molecule has 0 saturated heterocycles. The van der Waals surface area contributed by atoms with Gasteiger partial charge in [0, 0.05) is 19.3 Å². The van der Waals surface area contributed by atoms with Crippen LogP contribution in [0.2, 0.25) is 0 Å². The highest BCUT2D eigenvalue weighted by Gasteiger charge is 2.03. The van der Waals surface area contributed by atoms with Crippen molar-refractivity contribution in [3.63, 3.8) is 0 Å². The van der Waals surface area contributed by atoms with E-state index in [-0.39, 0.29) is 5.75 Å². The Balaban J connectivity index is 2.17. The minimum absolute atomic E-state index is 0.270. The highest BCUT2D eigenvalue weighted by Crippen LogP contribution is 2.18. The molecular formula is C15H14N2O. The molecule has 2 rings (SSSR count). The molecule has 0 aromatic heterocycles. The van der Waals surface area contributed by atoms with Gasteiger partial charge in [0.05, 0.1) is 11.6 Å². The van der Waals surface area contributed by atoms with Crippen LogP contribution in [-0.4, -0.2) is 12.2 Å². The van der Waals surface area contributed by atoms with Crippen molar-refractivity contribution in [2.24, 2.45) is 0 Å². The predicted molar refractivity (Wildman–Crippen MR) is 71.4 cm³/mol. The van der Waals surface area contributed by atoms with E-state index < -0.39 is 0 Å². The molecule has 2 aromatic carbocycles. The topological polar surface area (TPSA) is 47.3 Å². The van der Waals surface area contributed by atoms with Gasteiger partial charge in [-0.15, -0.1) is 0 Å². The van der Waals surface area contributed by atoms with Crippen molar-refractivity contribution < 1.29 is 5.11 Å². The minimum Gasteiger partial charge on any atom is -0.508 e. The van der Waals surface area contributed by atoms with Crippen LogP contribution in [0.25, 0.3) is 0 Å². The number of rotatable bonds is 3. The van der Waals surface area contributed by atoms with Crippen LogP contribution in [-0.2, 0) is 6.54 Å². The molecule has 0 aliphatic rings. The normalized spacial score (nSPS) is 9.78. The SMILES string of the molecule is CN(Cc1cccc(O)c1)c1cccc(C#N)c1. The lowest BCUT2D eigenvalue weighted by Gasteiger charge is -2.19. The van der Waals surface area contributed by atoms with Gasteiger partial charge < -0.3 is 10.0 Å². The van der Waals surface area contributed by atoms with Crippen molar-refractivity contribution in [3.05, 3.63) is 59.7 Å². The fourth-order valence-corrected chi connectivity index (χ4v) is 1.83. The van der Waals surface area contributed by atoms with E-state index in [1.807, 2.05) is 42.3 Å². The molecule has 0 bridgehead atoms. The second-order valence-corrected chi connectivity index (χ2v) is 4.19. The summed E-state index contributed by atoms with van der Waals surface area (Å²) in [6, 6.07) is 16.8. The lowest BCUT2D eigenvalue weighted by atomic mass is 10.1. The number of aromatic hydroxyl groups is 1. The van der Waals surface area contributed by atoms with Crippen LogP contribution in [0.1, 0.15) is 11.1 Å². The summed E-state index contributed by atoms with van der Waals surface area (Å²) in [4.78, 5) is 2.04. The Morgan fingerprint density at radius 3 is 2.67 bits per heavy atom. The molecule has 0 atom stereocenters. The monoisotopic (exact) mass is 238 g/mol. The largest absolute Gasteiger partial charge is 0.508 e. The van der Waals surface area contributed by atoms with E-state index in [4.69, 9.17) is 5.26 Å².